The molecule has 0 atom stereocenters. The average Bonchev–Trinajstić information content (AvgIpc) is 2.38. The van der Waals surface area contributed by atoms with Gasteiger partial charge in [0, 0.05) is 12.7 Å². The molecule has 0 aliphatic heterocycles. The second-order valence-electron chi connectivity index (χ2n) is 3.49. The van der Waals surface area contributed by atoms with Crippen LogP contribution in [0.1, 0.15) is 5.56 Å². The summed E-state index contributed by atoms with van der Waals surface area (Å²) in [5.41, 5.74) is 1.21. The highest BCUT2D eigenvalue weighted by atomic mass is 16.6. The summed E-state index contributed by atoms with van der Waals surface area (Å²) in [6.45, 7) is -0.295. The summed E-state index contributed by atoms with van der Waals surface area (Å²) in [6.07, 6.45) is -0.485. The van der Waals surface area contributed by atoms with E-state index >= 15 is 0 Å². The van der Waals surface area contributed by atoms with Crippen LogP contribution in [-0.4, -0.2) is 37.4 Å². The lowest BCUT2D eigenvalue weighted by atomic mass is 10.1. The van der Waals surface area contributed by atoms with Crippen LogP contribution in [0.25, 0.3) is 0 Å². The number of carbonyl (C=O) groups excluding carboxylic acids is 2. The van der Waals surface area contributed by atoms with E-state index in [9.17, 15) is 9.59 Å². The number of hydrogen-bond acceptors (Lipinski definition) is 4. The van der Waals surface area contributed by atoms with Crippen molar-refractivity contribution < 1.29 is 19.4 Å². The number of rotatable bonds is 5. The van der Waals surface area contributed by atoms with Gasteiger partial charge in [0.15, 0.2) is 0 Å². The van der Waals surface area contributed by atoms with E-state index in [1.807, 2.05) is 0 Å². The van der Waals surface area contributed by atoms with Gasteiger partial charge in [0.1, 0.15) is 6.61 Å². The summed E-state index contributed by atoms with van der Waals surface area (Å²) in [6, 6.07) is 6.95. The molecule has 0 unspecified atom stereocenters. The number of anilines is 1. The number of aliphatic hydroxyl groups excluding tert-OH is 1. The predicted molar refractivity (Wildman–Crippen MR) is 66.3 cm³/mol. The Morgan fingerprint density at radius 1 is 1.33 bits per heavy atom. The van der Waals surface area contributed by atoms with Crippen molar-refractivity contribution in [3.05, 3.63) is 29.8 Å². The van der Waals surface area contributed by atoms with Gasteiger partial charge in [0.2, 0.25) is 5.91 Å². The maximum Gasteiger partial charge on any atom is 0.411 e. The SMILES string of the molecule is CNC(=O)Cc1ccccc1NC(=O)OCCO. The molecule has 1 aromatic carbocycles. The third kappa shape index (κ3) is 4.42. The minimum atomic E-state index is -0.659. The number of amides is 2. The summed E-state index contributed by atoms with van der Waals surface area (Å²) >= 11 is 0. The molecule has 0 fully saturated rings. The zero-order valence-corrected chi connectivity index (χ0v) is 10.1. The van der Waals surface area contributed by atoms with Gasteiger partial charge in [0.25, 0.3) is 0 Å². The Balaban J connectivity index is 2.69. The van der Waals surface area contributed by atoms with Crippen molar-refractivity contribution in [2.45, 2.75) is 6.42 Å². The molecule has 98 valence electrons. The highest BCUT2D eigenvalue weighted by Gasteiger charge is 2.09. The van der Waals surface area contributed by atoms with Gasteiger partial charge in [-0.3, -0.25) is 10.1 Å². The number of hydrogen-bond donors (Lipinski definition) is 3. The Morgan fingerprint density at radius 2 is 2.06 bits per heavy atom. The standard InChI is InChI=1S/C12H16N2O4/c1-13-11(16)8-9-4-2-3-5-10(9)14-12(17)18-7-6-15/h2-5,15H,6-8H2,1H3,(H,13,16)(H,14,17). The molecule has 0 saturated carbocycles. The first-order chi connectivity index (χ1) is 8.67. The minimum absolute atomic E-state index is 0.0660. The van der Waals surface area contributed by atoms with E-state index < -0.39 is 6.09 Å². The van der Waals surface area contributed by atoms with Crippen molar-refractivity contribution in [3.8, 4) is 0 Å². The molecular weight excluding hydrogens is 236 g/mol. The molecule has 18 heavy (non-hydrogen) atoms. The fourth-order valence-electron chi connectivity index (χ4n) is 1.34. The van der Waals surface area contributed by atoms with E-state index in [1.165, 1.54) is 0 Å². The molecular formula is C12H16N2O4. The van der Waals surface area contributed by atoms with Crippen LogP contribution in [0.15, 0.2) is 24.3 Å². The van der Waals surface area contributed by atoms with Gasteiger partial charge < -0.3 is 15.2 Å². The van der Waals surface area contributed by atoms with Crippen LogP contribution >= 0.6 is 0 Å². The van der Waals surface area contributed by atoms with Gasteiger partial charge in [-0.1, -0.05) is 18.2 Å². The van der Waals surface area contributed by atoms with Crippen molar-refractivity contribution in [2.24, 2.45) is 0 Å². The van der Waals surface area contributed by atoms with Gasteiger partial charge in [-0.2, -0.15) is 0 Å². The van der Waals surface area contributed by atoms with Crippen LogP contribution in [-0.2, 0) is 16.0 Å². The second-order valence-corrected chi connectivity index (χ2v) is 3.49. The molecule has 2 amide bonds. The molecule has 1 rings (SSSR count). The lowest BCUT2D eigenvalue weighted by molar-refractivity contribution is -0.119. The molecule has 1 aromatic rings. The molecule has 6 nitrogen and oxygen atoms in total. The van der Waals surface area contributed by atoms with Crippen LogP contribution in [0.4, 0.5) is 10.5 Å². The summed E-state index contributed by atoms with van der Waals surface area (Å²) in [5, 5.41) is 13.6. The van der Waals surface area contributed by atoms with Gasteiger partial charge >= 0.3 is 6.09 Å². The molecule has 3 N–H and O–H groups in total. The molecule has 0 spiro atoms. The normalized spacial score (nSPS) is 9.67. The minimum Gasteiger partial charge on any atom is -0.447 e. The highest BCUT2D eigenvalue weighted by molar-refractivity contribution is 5.88. The summed E-state index contributed by atoms with van der Waals surface area (Å²) in [4.78, 5) is 22.6. The quantitative estimate of drug-likeness (QED) is 0.712. The Kier molecular flexibility index (Phi) is 5.66. The van der Waals surface area contributed by atoms with E-state index in [2.05, 4.69) is 15.4 Å². The third-order valence-electron chi connectivity index (χ3n) is 2.21. The smallest absolute Gasteiger partial charge is 0.411 e. The van der Waals surface area contributed by atoms with Crippen LogP contribution < -0.4 is 10.6 Å². The molecule has 0 aliphatic rings. The highest BCUT2D eigenvalue weighted by Crippen LogP contribution is 2.15. The fourth-order valence-corrected chi connectivity index (χ4v) is 1.34. The Labute approximate surface area is 105 Å². The van der Waals surface area contributed by atoms with E-state index in [4.69, 9.17) is 5.11 Å². The molecule has 0 heterocycles. The number of para-hydroxylation sites is 1. The van der Waals surface area contributed by atoms with Crippen molar-refractivity contribution in [3.63, 3.8) is 0 Å². The van der Waals surface area contributed by atoms with Crippen molar-refractivity contribution in [1.29, 1.82) is 0 Å². The number of aliphatic hydroxyl groups is 1. The molecule has 0 aliphatic carbocycles. The molecule has 6 heteroatoms. The van der Waals surface area contributed by atoms with Crippen LogP contribution in [0.2, 0.25) is 0 Å². The number of ether oxygens (including phenoxy) is 1. The first-order valence-corrected chi connectivity index (χ1v) is 5.50. The average molecular weight is 252 g/mol. The first-order valence-electron chi connectivity index (χ1n) is 5.50. The number of nitrogens with one attached hydrogen (secondary N) is 2. The lowest BCUT2D eigenvalue weighted by Crippen LogP contribution is -2.22. The van der Waals surface area contributed by atoms with Gasteiger partial charge in [-0.05, 0) is 11.6 Å². The third-order valence-corrected chi connectivity index (χ3v) is 2.21. The van der Waals surface area contributed by atoms with E-state index in [0.717, 1.165) is 0 Å². The van der Waals surface area contributed by atoms with E-state index in [0.29, 0.717) is 11.3 Å². The summed E-state index contributed by atoms with van der Waals surface area (Å²) < 4.78 is 4.68. The molecule has 0 radical (unpaired) electrons. The van der Waals surface area contributed by atoms with Crippen LogP contribution in [0, 0.1) is 0 Å². The lowest BCUT2D eigenvalue weighted by Gasteiger charge is -2.10. The number of carbonyl (C=O) groups is 2. The Hall–Kier alpha value is -2.08. The first kappa shape index (κ1) is 14.0. The Bertz CT molecular complexity index is 420. The fraction of sp³-hybridized carbons (Fsp3) is 0.333. The largest absolute Gasteiger partial charge is 0.447 e. The zero-order chi connectivity index (χ0) is 13.4. The predicted octanol–water partition coefficient (Wildman–Crippen LogP) is 0.516. The number of benzene rings is 1. The van der Waals surface area contributed by atoms with Crippen LogP contribution in [0.5, 0.6) is 0 Å². The summed E-state index contributed by atoms with van der Waals surface area (Å²) in [7, 11) is 1.55. The second kappa shape index (κ2) is 7.29. The van der Waals surface area contributed by atoms with Crippen molar-refractivity contribution >= 4 is 17.7 Å². The number of likely N-dealkylation sites (N-methyl/N-ethyl adjacent to an activating group) is 1. The van der Waals surface area contributed by atoms with Crippen molar-refractivity contribution in [1.82, 2.24) is 5.32 Å². The summed E-state index contributed by atoms with van der Waals surface area (Å²) in [5.74, 6) is -0.145. The molecule has 0 aromatic heterocycles. The monoisotopic (exact) mass is 252 g/mol. The van der Waals surface area contributed by atoms with E-state index in [1.54, 1.807) is 31.3 Å². The van der Waals surface area contributed by atoms with Gasteiger partial charge in [-0.15, -0.1) is 0 Å². The van der Waals surface area contributed by atoms with Crippen molar-refractivity contribution in [2.75, 3.05) is 25.6 Å². The molecule has 0 bridgehead atoms. The van der Waals surface area contributed by atoms with Gasteiger partial charge in [-0.25, -0.2) is 4.79 Å². The maximum atomic E-state index is 11.3. The topological polar surface area (TPSA) is 87.7 Å². The van der Waals surface area contributed by atoms with Gasteiger partial charge in [0.05, 0.1) is 13.0 Å². The maximum absolute atomic E-state index is 11.3. The Morgan fingerprint density at radius 3 is 2.72 bits per heavy atom. The van der Waals surface area contributed by atoms with Crippen LogP contribution in [0.3, 0.4) is 0 Å². The van der Waals surface area contributed by atoms with E-state index in [-0.39, 0.29) is 25.5 Å². The molecule has 0 saturated heterocycles. The zero-order valence-electron chi connectivity index (χ0n) is 10.1.